The standard InChI is InChI=1S/C8H6NO.C2H4.3CH3.Sn/c1-6-9-7-4-2-3-5-8(7)10-6;1-2;;;;/h2,4-5H,1H3;1-2H2;3*1H3;. The van der Waals surface area contributed by atoms with Gasteiger partial charge in [-0.2, -0.15) is 0 Å². The van der Waals surface area contributed by atoms with E-state index in [0.717, 1.165) is 17.0 Å². The van der Waals surface area contributed by atoms with Gasteiger partial charge in [-0.1, -0.05) is 0 Å². The third kappa shape index (κ3) is 2.88. The Kier molecular flexibility index (Phi) is 4.19. The molecule has 1 aromatic heterocycles. The zero-order valence-electron chi connectivity index (χ0n) is 10.5. The quantitative estimate of drug-likeness (QED) is 0.593. The van der Waals surface area contributed by atoms with Crippen LogP contribution in [0.15, 0.2) is 35.8 Å². The number of hydrogen-bond acceptors (Lipinski definition) is 2. The van der Waals surface area contributed by atoms with E-state index in [-0.39, 0.29) is 0 Å². The molecule has 0 bridgehead atoms. The Morgan fingerprint density at radius 1 is 1.19 bits per heavy atom. The molecule has 0 saturated heterocycles. The van der Waals surface area contributed by atoms with Gasteiger partial charge in [0.15, 0.2) is 0 Å². The van der Waals surface area contributed by atoms with E-state index in [2.05, 4.69) is 51.2 Å². The third-order valence-electron chi connectivity index (χ3n) is 2.36. The molecule has 0 amide bonds. The van der Waals surface area contributed by atoms with Gasteiger partial charge in [-0.25, -0.2) is 0 Å². The summed E-state index contributed by atoms with van der Waals surface area (Å²) >= 11 is -1.94. The van der Waals surface area contributed by atoms with Gasteiger partial charge in [0.2, 0.25) is 0 Å². The van der Waals surface area contributed by atoms with Crippen LogP contribution in [0.4, 0.5) is 0 Å². The van der Waals surface area contributed by atoms with Gasteiger partial charge in [-0.05, 0) is 0 Å². The molecule has 0 spiro atoms. The van der Waals surface area contributed by atoms with Crippen molar-refractivity contribution in [1.29, 1.82) is 0 Å². The van der Waals surface area contributed by atoms with Gasteiger partial charge in [0, 0.05) is 0 Å². The summed E-state index contributed by atoms with van der Waals surface area (Å²) in [7, 11) is 0. The molecule has 16 heavy (non-hydrogen) atoms. The maximum absolute atomic E-state index is 5.53. The van der Waals surface area contributed by atoms with Crippen molar-refractivity contribution in [2.75, 3.05) is 0 Å². The molecule has 1 heterocycles. The van der Waals surface area contributed by atoms with Crippen LogP contribution in [0, 0.1) is 6.92 Å². The SMILES string of the molecule is C=C.Cc1nc2cc[c]([Sn]([CH3])([CH3])[CH3])cc2o1. The van der Waals surface area contributed by atoms with Gasteiger partial charge in [-0.15, -0.1) is 13.2 Å². The first-order chi connectivity index (χ1) is 7.47. The Bertz CT molecular complexity index is 482. The summed E-state index contributed by atoms with van der Waals surface area (Å²) in [6.07, 6.45) is 0. The zero-order valence-corrected chi connectivity index (χ0v) is 13.4. The van der Waals surface area contributed by atoms with Crippen LogP contribution >= 0.6 is 0 Å². The first-order valence-electron chi connectivity index (χ1n) is 5.34. The molecule has 2 aromatic rings. The summed E-state index contributed by atoms with van der Waals surface area (Å²) < 4.78 is 7.02. The fraction of sp³-hybridized carbons (Fsp3) is 0.308. The minimum atomic E-state index is -1.94. The molecule has 0 aliphatic carbocycles. The maximum atomic E-state index is 5.53. The summed E-state index contributed by atoms with van der Waals surface area (Å²) in [5.74, 6) is 0.751. The molecule has 0 aliphatic heterocycles. The monoisotopic (exact) mass is 325 g/mol. The molecule has 0 fully saturated rings. The van der Waals surface area contributed by atoms with Crippen LogP contribution in [0.5, 0.6) is 0 Å². The normalized spacial score (nSPS) is 11.0. The van der Waals surface area contributed by atoms with Crippen molar-refractivity contribution in [3.05, 3.63) is 37.2 Å². The van der Waals surface area contributed by atoms with Crippen molar-refractivity contribution in [2.24, 2.45) is 0 Å². The van der Waals surface area contributed by atoms with Crippen LogP contribution in [0.3, 0.4) is 0 Å². The number of aromatic nitrogens is 1. The molecule has 1 aromatic carbocycles. The fourth-order valence-electron chi connectivity index (χ4n) is 1.51. The predicted octanol–water partition coefficient (Wildman–Crippen LogP) is 3.48. The van der Waals surface area contributed by atoms with Gasteiger partial charge in [0.25, 0.3) is 0 Å². The van der Waals surface area contributed by atoms with Crippen molar-refractivity contribution in [3.8, 4) is 0 Å². The van der Waals surface area contributed by atoms with Crippen molar-refractivity contribution >= 4 is 33.1 Å². The van der Waals surface area contributed by atoms with Crippen LogP contribution in [0.2, 0.25) is 14.8 Å². The summed E-state index contributed by atoms with van der Waals surface area (Å²) in [5.41, 5.74) is 1.91. The van der Waals surface area contributed by atoms with Crippen molar-refractivity contribution in [1.82, 2.24) is 4.98 Å². The van der Waals surface area contributed by atoms with Crippen LogP contribution < -0.4 is 3.58 Å². The summed E-state index contributed by atoms with van der Waals surface area (Å²) in [5, 5.41) is 0. The van der Waals surface area contributed by atoms with Gasteiger partial charge >= 0.3 is 88.3 Å². The van der Waals surface area contributed by atoms with E-state index < -0.39 is 18.4 Å². The first kappa shape index (κ1) is 13.3. The van der Waals surface area contributed by atoms with Crippen LogP contribution in [0.1, 0.15) is 5.89 Å². The molecule has 0 aliphatic rings. The Hall–Kier alpha value is -0.771. The number of hydrogen-bond donors (Lipinski definition) is 0. The van der Waals surface area contributed by atoms with Crippen LogP contribution in [0.25, 0.3) is 11.1 Å². The topological polar surface area (TPSA) is 26.0 Å². The van der Waals surface area contributed by atoms with Crippen molar-refractivity contribution < 1.29 is 4.42 Å². The molecular weight excluding hydrogens is 305 g/mol. The molecule has 3 heteroatoms. The second-order valence-electron chi connectivity index (χ2n) is 4.67. The number of nitrogens with zero attached hydrogens (tertiary/aromatic N) is 1. The molecule has 86 valence electrons. The third-order valence-corrected chi connectivity index (χ3v) is 8.19. The zero-order chi connectivity index (χ0) is 12.3. The van der Waals surface area contributed by atoms with Gasteiger partial charge < -0.3 is 0 Å². The van der Waals surface area contributed by atoms with Gasteiger partial charge in [0.1, 0.15) is 0 Å². The number of aryl methyl sites for hydroxylation is 1. The van der Waals surface area contributed by atoms with Crippen molar-refractivity contribution in [3.63, 3.8) is 0 Å². The Labute approximate surface area is 101 Å². The number of benzene rings is 1. The van der Waals surface area contributed by atoms with E-state index in [9.17, 15) is 0 Å². The van der Waals surface area contributed by atoms with E-state index in [1.165, 1.54) is 3.58 Å². The summed E-state index contributed by atoms with van der Waals surface area (Å²) in [6, 6.07) is 6.45. The summed E-state index contributed by atoms with van der Waals surface area (Å²) in [4.78, 5) is 11.5. The van der Waals surface area contributed by atoms with E-state index in [1.54, 1.807) is 0 Å². The molecule has 0 unspecified atom stereocenters. The minimum absolute atomic E-state index is 0.751. The second-order valence-corrected chi connectivity index (χ2v) is 19.2. The van der Waals surface area contributed by atoms with Gasteiger partial charge in [0.05, 0.1) is 0 Å². The average Bonchev–Trinajstić information content (AvgIpc) is 2.58. The van der Waals surface area contributed by atoms with E-state index in [0.29, 0.717) is 0 Å². The molecular formula is C13H19NOSn. The number of rotatable bonds is 1. The first-order valence-corrected chi connectivity index (χ1v) is 15.3. The van der Waals surface area contributed by atoms with Crippen LogP contribution in [-0.4, -0.2) is 23.4 Å². The molecule has 2 nitrogen and oxygen atoms in total. The molecule has 0 radical (unpaired) electrons. The Balaban J connectivity index is 0.000000606. The van der Waals surface area contributed by atoms with Gasteiger partial charge in [-0.3, -0.25) is 0 Å². The van der Waals surface area contributed by atoms with Crippen molar-refractivity contribution in [2.45, 2.75) is 21.7 Å². The Morgan fingerprint density at radius 2 is 1.81 bits per heavy atom. The van der Waals surface area contributed by atoms with E-state index in [1.807, 2.05) is 6.92 Å². The predicted molar refractivity (Wildman–Crippen MR) is 73.0 cm³/mol. The molecule has 0 N–H and O–H groups in total. The summed E-state index contributed by atoms with van der Waals surface area (Å²) in [6.45, 7) is 7.89. The van der Waals surface area contributed by atoms with E-state index in [4.69, 9.17) is 4.42 Å². The van der Waals surface area contributed by atoms with E-state index >= 15 is 0 Å². The fourth-order valence-corrected chi connectivity index (χ4v) is 4.78. The molecule has 2 rings (SSSR count). The average molecular weight is 324 g/mol. The molecule has 0 atom stereocenters. The second kappa shape index (κ2) is 5.04. The van der Waals surface area contributed by atoms with Crippen LogP contribution in [-0.2, 0) is 0 Å². The number of fused-ring (bicyclic) bond motifs is 1. The number of oxazole rings is 1. The Morgan fingerprint density at radius 3 is 2.38 bits per heavy atom. The molecule has 0 saturated carbocycles.